The highest BCUT2D eigenvalue weighted by Gasteiger charge is 2.43. The number of thiophene rings is 1. The maximum atomic E-state index is 3.78. The molecule has 3 heteroatoms. The van der Waals surface area contributed by atoms with Gasteiger partial charge in [-0.2, -0.15) is 0 Å². The van der Waals surface area contributed by atoms with Gasteiger partial charge in [0.1, 0.15) is 0 Å². The molecule has 1 aromatic heterocycles. The van der Waals surface area contributed by atoms with Crippen molar-refractivity contribution in [1.29, 1.82) is 0 Å². The molecule has 0 aliphatic heterocycles. The monoisotopic (exact) mass is 363 g/mol. The minimum absolute atomic E-state index is 0.612. The van der Waals surface area contributed by atoms with Crippen molar-refractivity contribution in [2.24, 2.45) is 5.92 Å². The van der Waals surface area contributed by atoms with E-state index in [9.17, 15) is 0 Å². The summed E-state index contributed by atoms with van der Waals surface area (Å²) in [5.41, 5.74) is 1.51. The van der Waals surface area contributed by atoms with Crippen LogP contribution in [-0.2, 0) is 6.42 Å². The molecule has 0 radical (unpaired) electrons. The molecule has 1 N–H and O–H groups in total. The molecule has 0 spiro atoms. The van der Waals surface area contributed by atoms with Gasteiger partial charge in [-0.3, -0.25) is 0 Å². The molecule has 2 aromatic rings. The molecule has 112 valence electrons. The van der Waals surface area contributed by atoms with Crippen LogP contribution in [0.3, 0.4) is 0 Å². The summed E-state index contributed by atoms with van der Waals surface area (Å²) < 4.78 is 1.21. The van der Waals surface area contributed by atoms with Crippen LogP contribution in [0.25, 0.3) is 0 Å². The van der Waals surface area contributed by atoms with Gasteiger partial charge in [-0.25, -0.2) is 0 Å². The van der Waals surface area contributed by atoms with Crippen LogP contribution in [0.2, 0.25) is 0 Å². The molecule has 0 bridgehead atoms. The minimum atomic E-state index is 0.612. The topological polar surface area (TPSA) is 12.0 Å². The van der Waals surface area contributed by atoms with Gasteiger partial charge < -0.3 is 5.32 Å². The van der Waals surface area contributed by atoms with Gasteiger partial charge in [-0.1, -0.05) is 37.3 Å². The predicted molar refractivity (Wildman–Crippen MR) is 95.1 cm³/mol. The third-order valence-corrected chi connectivity index (χ3v) is 6.00. The lowest BCUT2D eigenvalue weighted by Gasteiger charge is -2.18. The van der Waals surface area contributed by atoms with Gasteiger partial charge in [0.25, 0.3) is 0 Å². The average Bonchev–Trinajstić information content (AvgIpc) is 3.21. The van der Waals surface area contributed by atoms with E-state index in [2.05, 4.69) is 69.9 Å². The van der Waals surface area contributed by atoms with E-state index in [4.69, 9.17) is 0 Å². The van der Waals surface area contributed by atoms with E-state index in [1.54, 1.807) is 0 Å². The van der Waals surface area contributed by atoms with Crippen molar-refractivity contribution >= 4 is 27.3 Å². The summed E-state index contributed by atoms with van der Waals surface area (Å²) in [4.78, 5) is 1.48. The zero-order chi connectivity index (χ0) is 14.7. The van der Waals surface area contributed by atoms with E-state index in [1.807, 2.05) is 11.3 Å². The Kier molecular flexibility index (Phi) is 5.15. The summed E-state index contributed by atoms with van der Waals surface area (Å²) in [5, 5.41) is 5.97. The SMILES string of the molecule is CCCNC(Cc1cc(Br)cs1)C1CC1c1ccccc1. The van der Waals surface area contributed by atoms with E-state index in [0.717, 1.165) is 24.8 Å². The van der Waals surface area contributed by atoms with E-state index in [1.165, 1.54) is 27.8 Å². The number of hydrogen-bond donors (Lipinski definition) is 1. The molecule has 1 saturated carbocycles. The van der Waals surface area contributed by atoms with Gasteiger partial charge in [0, 0.05) is 20.8 Å². The number of halogens is 1. The summed E-state index contributed by atoms with van der Waals surface area (Å²) in [6, 6.07) is 13.9. The lowest BCUT2D eigenvalue weighted by atomic mass is 10.0. The molecule has 1 fully saturated rings. The average molecular weight is 364 g/mol. The summed E-state index contributed by atoms with van der Waals surface area (Å²) in [5.74, 6) is 1.55. The van der Waals surface area contributed by atoms with Crippen molar-refractivity contribution in [3.8, 4) is 0 Å². The van der Waals surface area contributed by atoms with Crippen LogP contribution in [-0.4, -0.2) is 12.6 Å². The van der Waals surface area contributed by atoms with Crippen molar-refractivity contribution < 1.29 is 0 Å². The van der Waals surface area contributed by atoms with Crippen molar-refractivity contribution in [3.05, 3.63) is 56.7 Å². The van der Waals surface area contributed by atoms with Crippen molar-refractivity contribution in [1.82, 2.24) is 5.32 Å². The van der Waals surface area contributed by atoms with Crippen molar-refractivity contribution in [2.75, 3.05) is 6.54 Å². The molecular formula is C18H22BrNS. The lowest BCUT2D eigenvalue weighted by Crippen LogP contribution is -2.34. The molecular weight excluding hydrogens is 342 g/mol. The zero-order valence-corrected chi connectivity index (χ0v) is 14.8. The third kappa shape index (κ3) is 3.97. The molecule has 3 rings (SSSR count). The van der Waals surface area contributed by atoms with Gasteiger partial charge in [0.2, 0.25) is 0 Å². The number of rotatable bonds is 7. The first-order valence-corrected chi connectivity index (χ1v) is 9.46. The second-order valence-electron chi connectivity index (χ2n) is 5.91. The summed E-state index contributed by atoms with van der Waals surface area (Å²) in [6.07, 6.45) is 3.69. The minimum Gasteiger partial charge on any atom is -0.313 e. The quantitative estimate of drug-likeness (QED) is 0.710. The summed E-state index contributed by atoms with van der Waals surface area (Å²) >= 11 is 5.43. The van der Waals surface area contributed by atoms with Crippen LogP contribution in [0, 0.1) is 5.92 Å². The van der Waals surface area contributed by atoms with Crippen LogP contribution in [0.1, 0.15) is 36.1 Å². The first kappa shape index (κ1) is 15.3. The molecule has 0 saturated heterocycles. The Morgan fingerprint density at radius 3 is 2.81 bits per heavy atom. The van der Waals surface area contributed by atoms with Crippen LogP contribution < -0.4 is 5.32 Å². The third-order valence-electron chi connectivity index (χ3n) is 4.28. The highest BCUT2D eigenvalue weighted by Crippen LogP contribution is 2.50. The highest BCUT2D eigenvalue weighted by atomic mass is 79.9. The molecule has 3 unspecified atom stereocenters. The Bertz CT molecular complexity index is 566. The fourth-order valence-electron chi connectivity index (χ4n) is 3.13. The van der Waals surface area contributed by atoms with E-state index in [-0.39, 0.29) is 0 Å². The Labute approximate surface area is 139 Å². The van der Waals surface area contributed by atoms with Crippen LogP contribution in [0.15, 0.2) is 46.3 Å². The standard InChI is InChI=1S/C18H22BrNS/c1-2-8-20-18(10-15-9-14(19)12-21-15)17-11-16(17)13-6-4-3-5-7-13/h3-7,9,12,16-18,20H,2,8,10-11H2,1H3. The first-order valence-electron chi connectivity index (χ1n) is 7.79. The fraction of sp³-hybridized carbons (Fsp3) is 0.444. The Morgan fingerprint density at radius 2 is 2.14 bits per heavy atom. The zero-order valence-electron chi connectivity index (χ0n) is 12.4. The molecule has 1 aromatic carbocycles. The molecule has 0 amide bonds. The van der Waals surface area contributed by atoms with E-state index < -0.39 is 0 Å². The first-order chi connectivity index (χ1) is 10.3. The van der Waals surface area contributed by atoms with Gasteiger partial charge in [-0.05, 0) is 65.2 Å². The van der Waals surface area contributed by atoms with Gasteiger partial charge in [0.15, 0.2) is 0 Å². The smallest absolute Gasteiger partial charge is 0.0285 e. The molecule has 21 heavy (non-hydrogen) atoms. The number of benzene rings is 1. The highest BCUT2D eigenvalue weighted by molar-refractivity contribution is 9.10. The van der Waals surface area contributed by atoms with Crippen molar-refractivity contribution in [3.63, 3.8) is 0 Å². The molecule has 1 aliphatic carbocycles. The molecule has 1 heterocycles. The normalized spacial score (nSPS) is 22.2. The number of hydrogen-bond acceptors (Lipinski definition) is 2. The van der Waals surface area contributed by atoms with E-state index >= 15 is 0 Å². The Morgan fingerprint density at radius 1 is 1.33 bits per heavy atom. The van der Waals surface area contributed by atoms with Crippen LogP contribution in [0.4, 0.5) is 0 Å². The van der Waals surface area contributed by atoms with Gasteiger partial charge in [-0.15, -0.1) is 11.3 Å². The van der Waals surface area contributed by atoms with Gasteiger partial charge in [0.05, 0.1) is 0 Å². The maximum absolute atomic E-state index is 3.78. The summed E-state index contributed by atoms with van der Waals surface area (Å²) in [6.45, 7) is 3.36. The largest absolute Gasteiger partial charge is 0.313 e. The predicted octanol–water partition coefficient (Wildman–Crippen LogP) is 5.23. The van der Waals surface area contributed by atoms with Crippen molar-refractivity contribution in [2.45, 2.75) is 38.1 Å². The van der Waals surface area contributed by atoms with Crippen LogP contribution in [0.5, 0.6) is 0 Å². The van der Waals surface area contributed by atoms with E-state index in [0.29, 0.717) is 6.04 Å². The Hall–Kier alpha value is -0.640. The fourth-order valence-corrected chi connectivity index (χ4v) is 4.64. The number of nitrogens with one attached hydrogen (secondary N) is 1. The Balaban J connectivity index is 1.66. The van der Waals surface area contributed by atoms with Crippen LogP contribution >= 0.6 is 27.3 Å². The van der Waals surface area contributed by atoms with Gasteiger partial charge >= 0.3 is 0 Å². The second-order valence-corrected chi connectivity index (χ2v) is 7.82. The molecule has 3 atom stereocenters. The maximum Gasteiger partial charge on any atom is 0.0285 e. The molecule has 1 aliphatic rings. The second kappa shape index (κ2) is 7.08. The lowest BCUT2D eigenvalue weighted by molar-refractivity contribution is 0.455. The molecule has 1 nitrogen and oxygen atoms in total. The summed E-state index contributed by atoms with van der Waals surface area (Å²) in [7, 11) is 0.